The average molecular weight is 310 g/mol. The first-order valence-electron chi connectivity index (χ1n) is 7.06. The fourth-order valence-electron chi connectivity index (χ4n) is 2.53. The molecule has 1 aliphatic heterocycles. The van der Waals surface area contributed by atoms with Crippen molar-refractivity contribution in [1.82, 2.24) is 5.32 Å². The van der Waals surface area contributed by atoms with E-state index in [1.165, 1.54) is 11.3 Å². The molecule has 0 aromatic carbocycles. The highest BCUT2D eigenvalue weighted by Gasteiger charge is 2.42. The van der Waals surface area contributed by atoms with Gasteiger partial charge in [0.25, 0.3) is 5.91 Å². The third-order valence-electron chi connectivity index (χ3n) is 3.80. The van der Waals surface area contributed by atoms with Gasteiger partial charge in [-0.3, -0.25) is 4.79 Å². The molecule has 0 bridgehead atoms. The molecule has 2 aliphatic rings. The number of amides is 2. The predicted octanol–water partition coefficient (Wildman–Crippen LogP) is 1.61. The van der Waals surface area contributed by atoms with Gasteiger partial charge in [0.1, 0.15) is 6.10 Å². The molecule has 2 atom stereocenters. The maximum atomic E-state index is 12.2. The van der Waals surface area contributed by atoms with Crippen LogP contribution in [0.3, 0.4) is 0 Å². The van der Waals surface area contributed by atoms with Crippen LogP contribution >= 0.6 is 11.3 Å². The highest BCUT2D eigenvalue weighted by molar-refractivity contribution is 7.10. The van der Waals surface area contributed by atoms with E-state index in [0.717, 1.165) is 24.1 Å². The van der Waals surface area contributed by atoms with Crippen molar-refractivity contribution in [3.05, 3.63) is 21.9 Å². The summed E-state index contributed by atoms with van der Waals surface area (Å²) < 4.78 is 10.2. The summed E-state index contributed by atoms with van der Waals surface area (Å²) in [5, 5.41) is 4.88. The van der Waals surface area contributed by atoms with E-state index in [9.17, 15) is 9.59 Å². The van der Waals surface area contributed by atoms with Gasteiger partial charge in [-0.1, -0.05) is 0 Å². The van der Waals surface area contributed by atoms with Crippen LogP contribution in [0.15, 0.2) is 11.4 Å². The zero-order chi connectivity index (χ0) is 14.8. The van der Waals surface area contributed by atoms with E-state index in [0.29, 0.717) is 18.8 Å². The maximum absolute atomic E-state index is 12.2. The fraction of sp³-hybridized carbons (Fsp3) is 0.571. The minimum atomic E-state index is -0.739. The molecule has 2 heterocycles. The van der Waals surface area contributed by atoms with E-state index >= 15 is 0 Å². The Morgan fingerprint density at radius 1 is 1.38 bits per heavy atom. The first kappa shape index (κ1) is 14.3. The van der Waals surface area contributed by atoms with Crippen molar-refractivity contribution in [2.45, 2.75) is 37.3 Å². The molecule has 114 valence electrons. The lowest BCUT2D eigenvalue weighted by Crippen LogP contribution is -2.38. The van der Waals surface area contributed by atoms with Crippen molar-refractivity contribution in [1.29, 1.82) is 0 Å². The van der Waals surface area contributed by atoms with Crippen molar-refractivity contribution < 1.29 is 19.1 Å². The molecule has 1 saturated carbocycles. The minimum Gasteiger partial charge on any atom is -0.446 e. The van der Waals surface area contributed by atoms with Crippen LogP contribution in [-0.2, 0) is 9.47 Å². The topological polar surface area (TPSA) is 90.7 Å². The molecular formula is C14H18N2O4S. The summed E-state index contributed by atoms with van der Waals surface area (Å²) in [6.45, 7) is 1.40. The summed E-state index contributed by atoms with van der Waals surface area (Å²) in [5.41, 5.74) is 5.67. The summed E-state index contributed by atoms with van der Waals surface area (Å²) in [4.78, 5) is 23.9. The molecule has 0 radical (unpaired) electrons. The number of hydrogen-bond donors (Lipinski definition) is 2. The van der Waals surface area contributed by atoms with Gasteiger partial charge in [-0.05, 0) is 25.3 Å². The van der Waals surface area contributed by atoms with E-state index < -0.39 is 6.09 Å². The highest BCUT2D eigenvalue weighted by atomic mass is 32.1. The third-order valence-corrected chi connectivity index (χ3v) is 4.87. The number of thiophene rings is 1. The molecule has 1 saturated heterocycles. The summed E-state index contributed by atoms with van der Waals surface area (Å²) in [5.74, 6) is 0.143. The van der Waals surface area contributed by atoms with E-state index in [1.807, 2.05) is 11.4 Å². The van der Waals surface area contributed by atoms with Gasteiger partial charge in [0.05, 0.1) is 5.56 Å². The predicted molar refractivity (Wildman–Crippen MR) is 77.4 cm³/mol. The Morgan fingerprint density at radius 3 is 2.86 bits per heavy atom. The van der Waals surface area contributed by atoms with Crippen LogP contribution in [0, 0.1) is 0 Å². The Balaban J connectivity index is 1.55. The van der Waals surface area contributed by atoms with Crippen LogP contribution in [0.25, 0.3) is 0 Å². The van der Waals surface area contributed by atoms with E-state index in [4.69, 9.17) is 15.2 Å². The third kappa shape index (κ3) is 3.54. The van der Waals surface area contributed by atoms with Gasteiger partial charge in [-0.2, -0.15) is 0 Å². The maximum Gasteiger partial charge on any atom is 0.404 e. The number of nitrogens with one attached hydrogen (secondary N) is 1. The van der Waals surface area contributed by atoms with Crippen LogP contribution in [0.1, 0.15) is 40.4 Å². The van der Waals surface area contributed by atoms with Gasteiger partial charge in [-0.15, -0.1) is 11.3 Å². The lowest BCUT2D eigenvalue weighted by molar-refractivity contribution is 0.0696. The SMILES string of the molecule is NC(=O)OC1CC1c1cc(C(=O)NC2CCOCC2)cs1. The largest absolute Gasteiger partial charge is 0.446 e. The lowest BCUT2D eigenvalue weighted by Gasteiger charge is -2.22. The van der Waals surface area contributed by atoms with Gasteiger partial charge >= 0.3 is 6.09 Å². The van der Waals surface area contributed by atoms with Crippen LogP contribution in [-0.4, -0.2) is 37.4 Å². The van der Waals surface area contributed by atoms with Gasteiger partial charge in [-0.25, -0.2) is 4.79 Å². The standard InChI is InChI=1S/C14H18N2O4S/c15-14(18)20-11-6-10(11)12-5-8(7-21-12)13(17)16-9-1-3-19-4-2-9/h5,7,9-11H,1-4,6H2,(H2,15,18)(H,16,17). The summed E-state index contributed by atoms with van der Waals surface area (Å²) in [7, 11) is 0. The number of nitrogens with two attached hydrogens (primary N) is 1. The second kappa shape index (κ2) is 6.03. The molecule has 7 heteroatoms. The molecule has 2 fully saturated rings. The molecule has 1 aliphatic carbocycles. The Kier molecular flexibility index (Phi) is 4.12. The molecule has 3 N–H and O–H groups in total. The number of hydrogen-bond acceptors (Lipinski definition) is 5. The normalized spacial score (nSPS) is 25.3. The summed E-state index contributed by atoms with van der Waals surface area (Å²) in [6.07, 6.45) is 1.63. The summed E-state index contributed by atoms with van der Waals surface area (Å²) in [6, 6.07) is 2.08. The van der Waals surface area contributed by atoms with E-state index in [-0.39, 0.29) is 24.0 Å². The zero-order valence-corrected chi connectivity index (χ0v) is 12.4. The Labute approximate surface area is 126 Å². The van der Waals surface area contributed by atoms with Gasteiger partial charge in [0.2, 0.25) is 0 Å². The van der Waals surface area contributed by atoms with Crippen molar-refractivity contribution in [2.75, 3.05) is 13.2 Å². The first-order valence-corrected chi connectivity index (χ1v) is 7.94. The number of carbonyl (C=O) groups excluding carboxylic acids is 2. The van der Waals surface area contributed by atoms with Crippen LogP contribution in [0.4, 0.5) is 4.79 Å². The van der Waals surface area contributed by atoms with Crippen molar-refractivity contribution in [2.24, 2.45) is 5.73 Å². The second-order valence-corrected chi connectivity index (χ2v) is 6.36. The van der Waals surface area contributed by atoms with Crippen LogP contribution in [0.5, 0.6) is 0 Å². The van der Waals surface area contributed by atoms with Gasteiger partial charge in [0.15, 0.2) is 0 Å². The molecule has 21 heavy (non-hydrogen) atoms. The Hall–Kier alpha value is -1.60. The summed E-state index contributed by atoms with van der Waals surface area (Å²) >= 11 is 1.52. The molecule has 2 unspecified atom stereocenters. The quantitative estimate of drug-likeness (QED) is 0.884. The molecule has 1 aromatic rings. The Morgan fingerprint density at radius 2 is 2.14 bits per heavy atom. The van der Waals surface area contributed by atoms with Crippen LogP contribution in [0.2, 0.25) is 0 Å². The average Bonchev–Trinajstić information content (AvgIpc) is 3.02. The molecule has 2 amide bonds. The second-order valence-electron chi connectivity index (χ2n) is 5.42. The zero-order valence-electron chi connectivity index (χ0n) is 11.5. The van der Waals surface area contributed by atoms with Crippen molar-refractivity contribution in [3.8, 4) is 0 Å². The Bertz CT molecular complexity index is 539. The van der Waals surface area contributed by atoms with Crippen molar-refractivity contribution >= 4 is 23.3 Å². The highest BCUT2D eigenvalue weighted by Crippen LogP contribution is 2.45. The van der Waals surface area contributed by atoms with E-state index in [1.54, 1.807) is 0 Å². The molecular weight excluding hydrogens is 292 g/mol. The fourth-order valence-corrected chi connectivity index (χ4v) is 3.58. The number of primary amides is 1. The lowest BCUT2D eigenvalue weighted by atomic mass is 10.1. The number of ether oxygens (including phenoxy) is 2. The molecule has 1 aromatic heterocycles. The van der Waals surface area contributed by atoms with Gasteiger partial charge in [0, 0.05) is 35.4 Å². The van der Waals surface area contributed by atoms with E-state index in [2.05, 4.69) is 5.32 Å². The van der Waals surface area contributed by atoms with Crippen molar-refractivity contribution in [3.63, 3.8) is 0 Å². The molecule has 0 spiro atoms. The minimum absolute atomic E-state index is 0.0441. The molecule has 6 nitrogen and oxygen atoms in total. The van der Waals surface area contributed by atoms with Gasteiger partial charge < -0.3 is 20.5 Å². The van der Waals surface area contributed by atoms with Crippen LogP contribution < -0.4 is 11.1 Å². The smallest absolute Gasteiger partial charge is 0.404 e. The number of rotatable bonds is 4. The monoisotopic (exact) mass is 310 g/mol. The number of carbonyl (C=O) groups is 2. The first-order chi connectivity index (χ1) is 10.1. The molecule has 3 rings (SSSR count).